The summed E-state index contributed by atoms with van der Waals surface area (Å²) in [4.78, 5) is 7.39. The number of likely N-dealkylation sites (tertiary alicyclic amines) is 1. The number of rotatable bonds is 5. The molecule has 5 nitrogen and oxygen atoms in total. The first-order valence-corrected chi connectivity index (χ1v) is 10.2. The normalized spacial score (nSPS) is 16.8. The lowest BCUT2D eigenvalue weighted by molar-refractivity contribution is 0.460. The smallest absolute Gasteiger partial charge is 0.194 e. The Morgan fingerprint density at radius 2 is 2.03 bits per heavy atom. The molecular formula is C23H30IN5. The van der Waals surface area contributed by atoms with Gasteiger partial charge < -0.3 is 10.2 Å². The summed E-state index contributed by atoms with van der Waals surface area (Å²) in [5.74, 6) is 1.69. The fraction of sp³-hybridized carbons (Fsp3) is 0.391. The monoisotopic (exact) mass is 503 g/mol. The molecule has 0 bridgehead atoms. The molecule has 154 valence electrons. The molecule has 1 unspecified atom stereocenters. The number of fused-ring (bicyclic) bond motifs is 1. The van der Waals surface area contributed by atoms with Crippen molar-refractivity contribution in [1.82, 2.24) is 20.0 Å². The molecule has 4 rings (SSSR count). The Morgan fingerprint density at radius 1 is 1.21 bits per heavy atom. The van der Waals surface area contributed by atoms with Crippen molar-refractivity contribution in [3.8, 4) is 0 Å². The van der Waals surface area contributed by atoms with Crippen molar-refractivity contribution in [2.45, 2.75) is 26.3 Å². The van der Waals surface area contributed by atoms with Gasteiger partial charge >= 0.3 is 0 Å². The van der Waals surface area contributed by atoms with Crippen molar-refractivity contribution in [2.24, 2.45) is 18.0 Å². The predicted octanol–water partition coefficient (Wildman–Crippen LogP) is 4.22. The maximum absolute atomic E-state index is 4.98. The van der Waals surface area contributed by atoms with Gasteiger partial charge in [0.2, 0.25) is 0 Å². The van der Waals surface area contributed by atoms with Gasteiger partial charge in [-0.25, -0.2) is 4.99 Å². The molecule has 1 aliphatic rings. The minimum atomic E-state index is 0. The molecule has 2 aromatic carbocycles. The highest BCUT2D eigenvalue weighted by atomic mass is 127. The van der Waals surface area contributed by atoms with E-state index < -0.39 is 0 Å². The predicted molar refractivity (Wildman–Crippen MR) is 131 cm³/mol. The SMILES string of the molecule is CCNC(=NCc1cccc2ccccc12)N1CCC(Cc2cnn(C)c2)C1.I. The van der Waals surface area contributed by atoms with Crippen molar-refractivity contribution in [2.75, 3.05) is 19.6 Å². The van der Waals surface area contributed by atoms with E-state index in [0.717, 1.165) is 32.0 Å². The molecule has 1 N–H and O–H groups in total. The van der Waals surface area contributed by atoms with Crippen LogP contribution in [0.2, 0.25) is 0 Å². The van der Waals surface area contributed by atoms with E-state index in [1.54, 1.807) is 0 Å². The van der Waals surface area contributed by atoms with Crippen LogP contribution in [0.15, 0.2) is 59.9 Å². The van der Waals surface area contributed by atoms with Crippen molar-refractivity contribution in [3.63, 3.8) is 0 Å². The molecule has 6 heteroatoms. The minimum Gasteiger partial charge on any atom is -0.357 e. The molecule has 0 aliphatic carbocycles. The molecule has 0 spiro atoms. The van der Waals surface area contributed by atoms with E-state index in [2.05, 4.69) is 70.9 Å². The van der Waals surface area contributed by atoms with Gasteiger partial charge in [-0.3, -0.25) is 4.68 Å². The molecule has 1 aliphatic heterocycles. The number of guanidine groups is 1. The number of aromatic nitrogens is 2. The Morgan fingerprint density at radius 3 is 2.83 bits per heavy atom. The van der Waals surface area contributed by atoms with Gasteiger partial charge in [-0.1, -0.05) is 42.5 Å². The quantitative estimate of drug-likeness (QED) is 0.322. The second-order valence-electron chi connectivity index (χ2n) is 7.64. The summed E-state index contributed by atoms with van der Waals surface area (Å²) in [7, 11) is 1.98. The van der Waals surface area contributed by atoms with Gasteiger partial charge in [0, 0.05) is 32.9 Å². The lowest BCUT2D eigenvalue weighted by Gasteiger charge is -2.22. The third-order valence-electron chi connectivity index (χ3n) is 5.48. The standard InChI is InChI=1S/C23H29N5.HI/c1-3-24-23(25-15-21-9-6-8-20-7-4-5-10-22(20)21)28-12-11-18(17-28)13-19-14-26-27(2)16-19;/h4-10,14,16,18H,3,11-13,15,17H2,1-2H3,(H,24,25);1H. The maximum atomic E-state index is 4.98. The first kappa shape index (κ1) is 21.6. The van der Waals surface area contributed by atoms with Crippen LogP contribution in [0.3, 0.4) is 0 Å². The summed E-state index contributed by atoms with van der Waals surface area (Å²) >= 11 is 0. The molecule has 0 amide bonds. The van der Waals surface area contributed by atoms with Crippen molar-refractivity contribution < 1.29 is 0 Å². The molecule has 0 radical (unpaired) electrons. The van der Waals surface area contributed by atoms with Crippen molar-refractivity contribution in [1.29, 1.82) is 0 Å². The fourth-order valence-electron chi connectivity index (χ4n) is 4.12. The largest absolute Gasteiger partial charge is 0.357 e. The van der Waals surface area contributed by atoms with E-state index in [4.69, 9.17) is 4.99 Å². The Labute approximate surface area is 190 Å². The fourth-order valence-corrected chi connectivity index (χ4v) is 4.12. The van der Waals surface area contributed by atoms with E-state index in [0.29, 0.717) is 12.5 Å². The third-order valence-corrected chi connectivity index (χ3v) is 5.48. The molecule has 1 fully saturated rings. The zero-order valence-corrected chi connectivity index (χ0v) is 19.5. The Balaban J connectivity index is 0.00000240. The highest BCUT2D eigenvalue weighted by Gasteiger charge is 2.25. The number of benzene rings is 2. The van der Waals surface area contributed by atoms with Crippen LogP contribution in [-0.2, 0) is 20.0 Å². The molecule has 1 atom stereocenters. The molecule has 1 saturated heterocycles. The Hall–Kier alpha value is -2.09. The summed E-state index contributed by atoms with van der Waals surface area (Å²) < 4.78 is 1.89. The van der Waals surface area contributed by atoms with E-state index in [-0.39, 0.29) is 24.0 Å². The van der Waals surface area contributed by atoms with Crippen molar-refractivity contribution >= 4 is 40.7 Å². The van der Waals surface area contributed by atoms with E-state index in [1.165, 1.54) is 28.3 Å². The van der Waals surface area contributed by atoms with Gasteiger partial charge in [-0.15, -0.1) is 24.0 Å². The topological polar surface area (TPSA) is 45.5 Å². The van der Waals surface area contributed by atoms with Crippen LogP contribution < -0.4 is 5.32 Å². The minimum absolute atomic E-state index is 0. The molecule has 0 saturated carbocycles. The maximum Gasteiger partial charge on any atom is 0.194 e. The van der Waals surface area contributed by atoms with E-state index in [9.17, 15) is 0 Å². The second-order valence-corrected chi connectivity index (χ2v) is 7.64. The number of aryl methyl sites for hydroxylation is 1. The van der Waals surface area contributed by atoms with Gasteiger partial charge in [0.25, 0.3) is 0 Å². The highest BCUT2D eigenvalue weighted by molar-refractivity contribution is 14.0. The van der Waals surface area contributed by atoms with Gasteiger partial charge in [0.1, 0.15) is 0 Å². The van der Waals surface area contributed by atoms with Gasteiger partial charge in [-0.2, -0.15) is 5.10 Å². The average molecular weight is 503 g/mol. The number of nitrogens with one attached hydrogen (secondary N) is 1. The first-order valence-electron chi connectivity index (χ1n) is 10.2. The summed E-state index contributed by atoms with van der Waals surface area (Å²) in [6.07, 6.45) is 6.41. The number of hydrogen-bond donors (Lipinski definition) is 1. The van der Waals surface area contributed by atoms with Crippen LogP contribution in [0.25, 0.3) is 10.8 Å². The van der Waals surface area contributed by atoms with E-state index >= 15 is 0 Å². The van der Waals surface area contributed by atoms with Gasteiger partial charge in [0.05, 0.1) is 12.7 Å². The summed E-state index contributed by atoms with van der Waals surface area (Å²) in [5.41, 5.74) is 2.60. The van der Waals surface area contributed by atoms with Gasteiger partial charge in [0.15, 0.2) is 5.96 Å². The van der Waals surface area contributed by atoms with Crippen LogP contribution >= 0.6 is 24.0 Å². The van der Waals surface area contributed by atoms with Gasteiger partial charge in [-0.05, 0) is 47.6 Å². The lowest BCUT2D eigenvalue weighted by Crippen LogP contribution is -2.40. The van der Waals surface area contributed by atoms with Crippen molar-refractivity contribution in [3.05, 3.63) is 66.0 Å². The second kappa shape index (κ2) is 10.1. The average Bonchev–Trinajstić information content (AvgIpc) is 3.34. The molecule has 29 heavy (non-hydrogen) atoms. The first-order chi connectivity index (χ1) is 13.7. The molecule has 2 heterocycles. The number of hydrogen-bond acceptors (Lipinski definition) is 2. The Kier molecular flexibility index (Phi) is 7.52. The van der Waals surface area contributed by atoms with Crippen LogP contribution in [0.1, 0.15) is 24.5 Å². The number of aliphatic imine (C=N–C) groups is 1. The number of halogens is 1. The van der Waals surface area contributed by atoms with Crippen LogP contribution in [0, 0.1) is 5.92 Å². The molecule has 1 aromatic heterocycles. The summed E-state index contributed by atoms with van der Waals surface area (Å²) in [6, 6.07) is 15.0. The number of nitrogens with zero attached hydrogens (tertiary/aromatic N) is 4. The zero-order valence-electron chi connectivity index (χ0n) is 17.2. The Bertz CT molecular complexity index is 959. The lowest BCUT2D eigenvalue weighted by atomic mass is 10.0. The zero-order chi connectivity index (χ0) is 19.3. The van der Waals surface area contributed by atoms with Crippen LogP contribution in [0.5, 0.6) is 0 Å². The summed E-state index contributed by atoms with van der Waals surface area (Å²) in [6.45, 7) is 5.84. The van der Waals surface area contributed by atoms with E-state index in [1.807, 2.05) is 17.9 Å². The molecule has 3 aromatic rings. The van der Waals surface area contributed by atoms with Crippen LogP contribution in [0.4, 0.5) is 0 Å². The third kappa shape index (κ3) is 5.29. The highest BCUT2D eigenvalue weighted by Crippen LogP contribution is 2.22. The van der Waals surface area contributed by atoms with Crippen LogP contribution in [-0.4, -0.2) is 40.3 Å². The molecular weight excluding hydrogens is 473 g/mol. The summed E-state index contributed by atoms with van der Waals surface area (Å²) in [5, 5.41) is 10.4.